The fourth-order valence-electron chi connectivity index (χ4n) is 1.97. The highest BCUT2D eigenvalue weighted by Crippen LogP contribution is 2.29. The minimum atomic E-state index is -0.0187. The van der Waals surface area contributed by atoms with Crippen LogP contribution in [0.5, 0.6) is 0 Å². The fourth-order valence-corrected chi connectivity index (χ4v) is 1.97. The summed E-state index contributed by atoms with van der Waals surface area (Å²) in [4.78, 5) is 15.1. The van der Waals surface area contributed by atoms with Gasteiger partial charge in [-0.1, -0.05) is 41.6 Å². The second-order valence-corrected chi connectivity index (χ2v) is 3.82. The summed E-state index contributed by atoms with van der Waals surface area (Å²) >= 11 is 0. The predicted octanol–water partition coefficient (Wildman–Crippen LogP) is 2.28. The standard InChI is InChI=1S/C13H9N3O2/c14-13-15-12(16-18-13)11-9(7-17)6-5-8-3-1-2-4-10(8)11/h1-7H,(H2,14,15,16). The van der Waals surface area contributed by atoms with Gasteiger partial charge >= 0.3 is 6.01 Å². The Kier molecular flexibility index (Phi) is 2.30. The Labute approximate surface area is 102 Å². The number of nitrogens with two attached hydrogens (primary N) is 1. The van der Waals surface area contributed by atoms with E-state index >= 15 is 0 Å². The monoisotopic (exact) mass is 239 g/mol. The highest BCUT2D eigenvalue weighted by atomic mass is 16.5. The summed E-state index contributed by atoms with van der Waals surface area (Å²) < 4.78 is 4.77. The molecule has 1 aromatic heterocycles. The second-order valence-electron chi connectivity index (χ2n) is 3.82. The molecule has 0 amide bonds. The number of aldehydes is 1. The maximum atomic E-state index is 11.1. The van der Waals surface area contributed by atoms with Gasteiger partial charge in [0.2, 0.25) is 5.82 Å². The van der Waals surface area contributed by atoms with E-state index in [0.717, 1.165) is 17.1 Å². The Morgan fingerprint density at radius 3 is 2.72 bits per heavy atom. The average molecular weight is 239 g/mol. The maximum absolute atomic E-state index is 11.1. The number of rotatable bonds is 2. The van der Waals surface area contributed by atoms with Gasteiger partial charge in [0, 0.05) is 11.1 Å². The van der Waals surface area contributed by atoms with Gasteiger partial charge in [0.15, 0.2) is 6.29 Å². The zero-order chi connectivity index (χ0) is 12.5. The molecule has 3 aromatic rings. The smallest absolute Gasteiger partial charge is 0.319 e. The molecule has 3 rings (SSSR count). The van der Waals surface area contributed by atoms with Crippen LogP contribution in [0.25, 0.3) is 22.2 Å². The van der Waals surface area contributed by atoms with Gasteiger partial charge in [-0.2, -0.15) is 4.98 Å². The molecule has 0 saturated heterocycles. The van der Waals surface area contributed by atoms with Gasteiger partial charge in [0.1, 0.15) is 0 Å². The maximum Gasteiger partial charge on any atom is 0.319 e. The predicted molar refractivity (Wildman–Crippen MR) is 67.0 cm³/mol. The van der Waals surface area contributed by atoms with Gasteiger partial charge in [-0.25, -0.2) is 0 Å². The third-order valence-corrected chi connectivity index (χ3v) is 2.75. The van der Waals surface area contributed by atoms with E-state index < -0.39 is 0 Å². The van der Waals surface area contributed by atoms with Crippen LogP contribution in [0.4, 0.5) is 6.01 Å². The Hall–Kier alpha value is -2.69. The molecule has 0 bridgehead atoms. The lowest BCUT2D eigenvalue weighted by atomic mass is 9.99. The number of hydrogen-bond donors (Lipinski definition) is 1. The van der Waals surface area contributed by atoms with Crippen LogP contribution in [0, 0.1) is 0 Å². The van der Waals surface area contributed by atoms with E-state index in [9.17, 15) is 4.79 Å². The van der Waals surface area contributed by atoms with E-state index in [2.05, 4.69) is 10.1 Å². The topological polar surface area (TPSA) is 82.0 Å². The molecule has 1 heterocycles. The highest BCUT2D eigenvalue weighted by Gasteiger charge is 2.14. The molecule has 0 radical (unpaired) electrons. The number of benzene rings is 2. The molecule has 2 aromatic carbocycles. The summed E-state index contributed by atoms with van der Waals surface area (Å²) in [5, 5.41) is 5.67. The van der Waals surface area contributed by atoms with Crippen LogP contribution in [0.15, 0.2) is 40.9 Å². The first-order valence-corrected chi connectivity index (χ1v) is 5.36. The molecular formula is C13H9N3O2. The summed E-state index contributed by atoms with van der Waals surface area (Å²) in [6.45, 7) is 0. The Morgan fingerprint density at radius 2 is 2.00 bits per heavy atom. The van der Waals surface area contributed by atoms with E-state index in [-0.39, 0.29) is 6.01 Å². The number of carbonyl (C=O) groups excluding carboxylic acids is 1. The van der Waals surface area contributed by atoms with Crippen LogP contribution in [-0.4, -0.2) is 16.4 Å². The van der Waals surface area contributed by atoms with E-state index in [0.29, 0.717) is 17.0 Å². The van der Waals surface area contributed by atoms with Crippen LogP contribution in [0.3, 0.4) is 0 Å². The lowest BCUT2D eigenvalue weighted by Crippen LogP contribution is -1.92. The molecule has 0 unspecified atom stereocenters. The van der Waals surface area contributed by atoms with E-state index in [1.165, 1.54) is 0 Å². The van der Waals surface area contributed by atoms with Crippen molar-refractivity contribution in [1.82, 2.24) is 10.1 Å². The van der Waals surface area contributed by atoms with Gasteiger partial charge in [-0.05, 0) is 10.8 Å². The number of aromatic nitrogens is 2. The number of nitrogen functional groups attached to an aromatic ring is 1. The largest absolute Gasteiger partial charge is 0.351 e. The number of anilines is 1. The van der Waals surface area contributed by atoms with Crippen molar-refractivity contribution in [2.45, 2.75) is 0 Å². The van der Waals surface area contributed by atoms with Crippen LogP contribution in [0.2, 0.25) is 0 Å². The molecule has 0 aliphatic carbocycles. The molecule has 0 fully saturated rings. The van der Waals surface area contributed by atoms with Crippen molar-refractivity contribution in [3.63, 3.8) is 0 Å². The summed E-state index contributed by atoms with van der Waals surface area (Å²) in [6.07, 6.45) is 0.772. The molecule has 88 valence electrons. The number of fused-ring (bicyclic) bond motifs is 1. The van der Waals surface area contributed by atoms with Crippen molar-refractivity contribution in [2.75, 3.05) is 5.73 Å². The minimum Gasteiger partial charge on any atom is -0.351 e. The third kappa shape index (κ3) is 1.53. The summed E-state index contributed by atoms with van der Waals surface area (Å²) in [7, 11) is 0. The Morgan fingerprint density at radius 1 is 1.17 bits per heavy atom. The molecule has 2 N–H and O–H groups in total. The van der Waals surface area contributed by atoms with E-state index in [1.54, 1.807) is 6.07 Å². The lowest BCUT2D eigenvalue weighted by molar-refractivity contribution is 0.112. The summed E-state index contributed by atoms with van der Waals surface area (Å²) in [6, 6.07) is 11.3. The molecule has 0 aliphatic rings. The average Bonchev–Trinajstić information content (AvgIpc) is 2.83. The minimum absolute atomic E-state index is 0.0187. The van der Waals surface area contributed by atoms with Crippen molar-refractivity contribution in [3.05, 3.63) is 42.0 Å². The lowest BCUT2D eigenvalue weighted by Gasteiger charge is -2.05. The Bertz CT molecular complexity index is 734. The zero-order valence-corrected chi connectivity index (χ0v) is 9.33. The van der Waals surface area contributed by atoms with Crippen molar-refractivity contribution in [3.8, 4) is 11.4 Å². The van der Waals surface area contributed by atoms with Crippen LogP contribution in [-0.2, 0) is 0 Å². The first kappa shape index (κ1) is 10.5. The second kappa shape index (κ2) is 3.96. The van der Waals surface area contributed by atoms with Crippen LogP contribution in [0.1, 0.15) is 10.4 Å². The van der Waals surface area contributed by atoms with Crippen LogP contribution < -0.4 is 5.73 Å². The summed E-state index contributed by atoms with van der Waals surface area (Å²) in [5.74, 6) is 0.325. The normalized spacial score (nSPS) is 10.7. The van der Waals surface area contributed by atoms with E-state index in [1.807, 2.05) is 30.3 Å². The van der Waals surface area contributed by atoms with Gasteiger partial charge in [0.25, 0.3) is 0 Å². The fraction of sp³-hybridized carbons (Fsp3) is 0. The highest BCUT2D eigenvalue weighted by molar-refractivity contribution is 6.03. The molecule has 5 heteroatoms. The van der Waals surface area contributed by atoms with Crippen molar-refractivity contribution >= 4 is 23.1 Å². The first-order valence-electron chi connectivity index (χ1n) is 5.36. The first-order chi connectivity index (χ1) is 8.79. The molecule has 0 aliphatic heterocycles. The SMILES string of the molecule is Nc1nc(-c2c(C=O)ccc3ccccc23)no1. The number of carbonyl (C=O) groups is 1. The molecule has 0 spiro atoms. The number of hydrogen-bond acceptors (Lipinski definition) is 5. The molecular weight excluding hydrogens is 230 g/mol. The van der Waals surface area contributed by atoms with Gasteiger partial charge in [-0.3, -0.25) is 4.79 Å². The zero-order valence-electron chi connectivity index (χ0n) is 9.33. The van der Waals surface area contributed by atoms with Gasteiger partial charge < -0.3 is 10.3 Å². The van der Waals surface area contributed by atoms with Gasteiger partial charge in [-0.15, -0.1) is 0 Å². The van der Waals surface area contributed by atoms with Gasteiger partial charge in [0.05, 0.1) is 0 Å². The number of nitrogens with zero attached hydrogens (tertiary/aromatic N) is 2. The Balaban J connectivity index is 2.40. The van der Waals surface area contributed by atoms with Crippen molar-refractivity contribution in [1.29, 1.82) is 0 Å². The quantitative estimate of drug-likeness (QED) is 0.694. The molecule has 18 heavy (non-hydrogen) atoms. The molecule has 0 atom stereocenters. The van der Waals surface area contributed by atoms with Crippen molar-refractivity contribution < 1.29 is 9.32 Å². The van der Waals surface area contributed by atoms with E-state index in [4.69, 9.17) is 10.3 Å². The van der Waals surface area contributed by atoms with Crippen molar-refractivity contribution in [2.24, 2.45) is 0 Å². The third-order valence-electron chi connectivity index (χ3n) is 2.75. The summed E-state index contributed by atoms with van der Waals surface area (Å²) in [5.41, 5.74) is 6.57. The molecule has 0 saturated carbocycles. The van der Waals surface area contributed by atoms with Crippen LogP contribution >= 0.6 is 0 Å². The molecule has 5 nitrogen and oxygen atoms in total.